The Morgan fingerprint density at radius 2 is 1.12 bits per heavy atom. The Balaban J connectivity index is 4.51. The molecular weight excluding hydrogens is 630 g/mol. The van der Waals surface area contributed by atoms with Gasteiger partial charge in [-0.2, -0.15) is 0 Å². The molecule has 0 rings (SSSR count). The van der Waals surface area contributed by atoms with Crippen molar-refractivity contribution in [1.82, 2.24) is 0 Å². The van der Waals surface area contributed by atoms with Gasteiger partial charge in [0.25, 0.3) is 0 Å². The fourth-order valence-electron chi connectivity index (χ4n) is 5.46. The zero-order valence-corrected chi connectivity index (χ0v) is 32.6. The molecule has 288 valence electrons. The van der Waals surface area contributed by atoms with Crippen LogP contribution in [0.25, 0.3) is 0 Å². The number of carbonyl (C=O) groups is 3. The largest absolute Gasteiger partial charge is 0.477 e. The van der Waals surface area contributed by atoms with Gasteiger partial charge < -0.3 is 23.8 Å². The van der Waals surface area contributed by atoms with Crippen LogP contribution in [0.3, 0.4) is 0 Å². The number of allylic oxidation sites excluding steroid dienone is 8. The van der Waals surface area contributed by atoms with Gasteiger partial charge in [-0.1, -0.05) is 140 Å². The topological polar surface area (TPSA) is 99.1 Å². The second-order valence-corrected chi connectivity index (χ2v) is 14.2. The molecule has 50 heavy (non-hydrogen) atoms. The molecule has 0 amide bonds. The van der Waals surface area contributed by atoms with Gasteiger partial charge in [0.1, 0.15) is 6.61 Å². The molecule has 0 aromatic heterocycles. The summed E-state index contributed by atoms with van der Waals surface area (Å²) in [5.74, 6) is -1.57. The number of carbonyl (C=O) groups excluding carboxylic acids is 2. The SMILES string of the molecule is CC/C=C\C/C=C\C/C=C\C/C=C\CCC(=O)OC(COCCC(C(=O)O)[N+](C)(C)C)COC(=O)CCCCCCCCCCCCCCC. The molecule has 0 radical (unpaired) electrons. The number of aliphatic carboxylic acids is 1. The fraction of sp³-hybridized carbons (Fsp3) is 0.738. The van der Waals surface area contributed by atoms with Gasteiger partial charge in [-0.25, -0.2) is 4.79 Å². The van der Waals surface area contributed by atoms with Crippen LogP contribution in [0.5, 0.6) is 0 Å². The fourth-order valence-corrected chi connectivity index (χ4v) is 5.46. The van der Waals surface area contributed by atoms with Crippen molar-refractivity contribution in [1.29, 1.82) is 0 Å². The van der Waals surface area contributed by atoms with Crippen LogP contribution < -0.4 is 0 Å². The van der Waals surface area contributed by atoms with Crippen LogP contribution in [0.2, 0.25) is 0 Å². The van der Waals surface area contributed by atoms with Crippen molar-refractivity contribution in [3.8, 4) is 0 Å². The van der Waals surface area contributed by atoms with Gasteiger partial charge >= 0.3 is 17.9 Å². The molecule has 0 heterocycles. The number of hydrogen-bond donors (Lipinski definition) is 1. The lowest BCUT2D eigenvalue weighted by atomic mass is 10.0. The molecule has 2 unspecified atom stereocenters. The first kappa shape index (κ1) is 47.3. The maximum Gasteiger partial charge on any atom is 0.362 e. The van der Waals surface area contributed by atoms with Crippen molar-refractivity contribution in [2.45, 2.75) is 161 Å². The molecule has 0 aliphatic carbocycles. The quantitative estimate of drug-likeness (QED) is 0.0308. The Hall–Kier alpha value is -2.71. The van der Waals surface area contributed by atoms with Crippen molar-refractivity contribution in [3.05, 3.63) is 48.6 Å². The molecule has 1 N–H and O–H groups in total. The predicted molar refractivity (Wildman–Crippen MR) is 206 cm³/mol. The molecule has 0 aliphatic heterocycles. The maximum atomic E-state index is 12.6. The number of hydrogen-bond acceptors (Lipinski definition) is 6. The summed E-state index contributed by atoms with van der Waals surface area (Å²) in [7, 11) is 5.49. The summed E-state index contributed by atoms with van der Waals surface area (Å²) in [4.78, 5) is 36.8. The van der Waals surface area contributed by atoms with E-state index in [0.717, 1.165) is 44.9 Å². The Morgan fingerprint density at radius 3 is 1.62 bits per heavy atom. The van der Waals surface area contributed by atoms with Crippen LogP contribution in [-0.2, 0) is 28.6 Å². The van der Waals surface area contributed by atoms with Crippen LogP contribution >= 0.6 is 0 Å². The van der Waals surface area contributed by atoms with Gasteiger partial charge in [0, 0.05) is 19.3 Å². The Morgan fingerprint density at radius 1 is 0.620 bits per heavy atom. The summed E-state index contributed by atoms with van der Waals surface area (Å²) in [6, 6.07) is -0.625. The number of esters is 2. The van der Waals surface area contributed by atoms with Gasteiger partial charge in [0.2, 0.25) is 0 Å². The molecule has 0 bridgehead atoms. The summed E-state index contributed by atoms with van der Waals surface area (Å²) in [6.45, 7) is 4.52. The van der Waals surface area contributed by atoms with Crippen molar-refractivity contribution < 1.29 is 38.2 Å². The number of nitrogens with zero attached hydrogens (tertiary/aromatic N) is 1. The zero-order chi connectivity index (χ0) is 37.1. The molecule has 0 spiro atoms. The van der Waals surface area contributed by atoms with Gasteiger partial charge in [0.05, 0.1) is 34.4 Å². The van der Waals surface area contributed by atoms with E-state index in [1.165, 1.54) is 64.2 Å². The molecule has 2 atom stereocenters. The molecule has 8 heteroatoms. The van der Waals surface area contributed by atoms with Gasteiger partial charge in [-0.3, -0.25) is 9.59 Å². The summed E-state index contributed by atoms with van der Waals surface area (Å²) in [5.41, 5.74) is 0. The first-order valence-electron chi connectivity index (χ1n) is 19.7. The average Bonchev–Trinajstić information content (AvgIpc) is 3.06. The van der Waals surface area contributed by atoms with Gasteiger partial charge in [0.15, 0.2) is 12.1 Å². The maximum absolute atomic E-state index is 12.6. The van der Waals surface area contributed by atoms with Crippen molar-refractivity contribution in [2.24, 2.45) is 0 Å². The Labute approximate surface area is 306 Å². The zero-order valence-electron chi connectivity index (χ0n) is 32.6. The average molecular weight is 705 g/mol. The second-order valence-electron chi connectivity index (χ2n) is 14.2. The van der Waals surface area contributed by atoms with E-state index in [-0.39, 0.29) is 42.7 Å². The minimum Gasteiger partial charge on any atom is -0.477 e. The number of rotatable bonds is 34. The van der Waals surface area contributed by atoms with E-state index in [1.54, 1.807) is 0 Å². The third kappa shape index (κ3) is 31.3. The summed E-state index contributed by atoms with van der Waals surface area (Å²) in [6.07, 6.45) is 37.4. The lowest BCUT2D eigenvalue weighted by Crippen LogP contribution is -2.50. The number of quaternary nitrogens is 1. The highest BCUT2D eigenvalue weighted by Gasteiger charge is 2.31. The van der Waals surface area contributed by atoms with E-state index in [9.17, 15) is 19.5 Å². The predicted octanol–water partition coefficient (Wildman–Crippen LogP) is 10.1. The van der Waals surface area contributed by atoms with Gasteiger partial charge in [-0.05, 0) is 38.5 Å². The van der Waals surface area contributed by atoms with Crippen molar-refractivity contribution in [2.75, 3.05) is 41.0 Å². The highest BCUT2D eigenvalue weighted by atomic mass is 16.6. The third-order valence-corrected chi connectivity index (χ3v) is 8.51. The Kier molecular flexibility index (Phi) is 31.6. The van der Waals surface area contributed by atoms with E-state index in [1.807, 2.05) is 33.3 Å². The molecule has 0 aliphatic rings. The van der Waals surface area contributed by atoms with Gasteiger partial charge in [-0.15, -0.1) is 0 Å². The lowest BCUT2D eigenvalue weighted by Gasteiger charge is -2.31. The number of ether oxygens (including phenoxy) is 3. The van der Waals surface area contributed by atoms with Crippen LogP contribution in [-0.4, -0.2) is 80.6 Å². The van der Waals surface area contributed by atoms with Crippen LogP contribution in [0.15, 0.2) is 48.6 Å². The first-order chi connectivity index (χ1) is 24.1. The molecule has 0 saturated heterocycles. The number of carboxylic acids is 1. The molecular formula is C42H74NO7+. The molecule has 0 aromatic rings. The van der Waals surface area contributed by atoms with E-state index in [2.05, 4.69) is 50.3 Å². The first-order valence-corrected chi connectivity index (χ1v) is 19.7. The third-order valence-electron chi connectivity index (χ3n) is 8.51. The van der Waals surface area contributed by atoms with E-state index in [0.29, 0.717) is 19.3 Å². The number of unbranched alkanes of at least 4 members (excludes halogenated alkanes) is 12. The van der Waals surface area contributed by atoms with Crippen LogP contribution in [0, 0.1) is 0 Å². The molecule has 8 nitrogen and oxygen atoms in total. The smallest absolute Gasteiger partial charge is 0.362 e. The minimum atomic E-state index is -0.887. The highest BCUT2D eigenvalue weighted by molar-refractivity contribution is 5.72. The number of likely N-dealkylation sites (N-methyl/N-ethyl adjacent to an activating group) is 1. The van der Waals surface area contributed by atoms with E-state index in [4.69, 9.17) is 14.2 Å². The lowest BCUT2D eigenvalue weighted by molar-refractivity contribution is -0.887. The molecule has 0 saturated carbocycles. The van der Waals surface area contributed by atoms with E-state index >= 15 is 0 Å². The van der Waals surface area contributed by atoms with Crippen LogP contribution in [0.1, 0.15) is 149 Å². The van der Waals surface area contributed by atoms with E-state index < -0.39 is 18.1 Å². The normalized spacial score (nSPS) is 13.5. The second kappa shape index (κ2) is 33.4. The monoisotopic (exact) mass is 705 g/mol. The molecule has 0 aromatic carbocycles. The minimum absolute atomic E-state index is 0.0329. The summed E-state index contributed by atoms with van der Waals surface area (Å²) in [5, 5.41) is 9.58. The van der Waals surface area contributed by atoms with Crippen molar-refractivity contribution >= 4 is 17.9 Å². The molecule has 0 fully saturated rings. The Bertz CT molecular complexity index is 964. The standard InChI is InChI=1S/C42H73NO7/c1-6-8-10-12-14-16-18-20-22-24-26-28-30-32-40(44)49-37-38(36-48-35-34-39(42(46)47)43(3,4)5)50-41(45)33-31-29-27-25-23-21-19-17-15-13-11-9-7-2/h9,11,15,17,21,23,27,29,38-39H,6-8,10,12-14,16,18-20,22,24-26,28,30-37H2,1-5H3/p+1/b11-9-,17-15-,23-21-,29-27-. The summed E-state index contributed by atoms with van der Waals surface area (Å²) < 4.78 is 17.1. The number of carboxylic acid groups (broad SMARTS) is 1. The van der Waals surface area contributed by atoms with Crippen molar-refractivity contribution in [3.63, 3.8) is 0 Å². The summed E-state index contributed by atoms with van der Waals surface area (Å²) >= 11 is 0. The highest BCUT2D eigenvalue weighted by Crippen LogP contribution is 2.14. The van der Waals surface area contributed by atoms with Crippen LogP contribution in [0.4, 0.5) is 0 Å².